The molecule has 0 aromatic rings. The molecular formula is C12H23NO3. The normalized spacial score (nSPS) is 14.9. The van der Waals surface area contributed by atoms with E-state index in [1.807, 2.05) is 6.92 Å². The average Bonchev–Trinajstić information content (AvgIpc) is 2.12. The molecule has 1 amide bonds. The molecule has 94 valence electrons. The number of carboxylic acid groups (broad SMARTS) is 1. The van der Waals surface area contributed by atoms with E-state index in [9.17, 15) is 9.59 Å². The fourth-order valence-electron chi connectivity index (χ4n) is 1.27. The first-order valence-electron chi connectivity index (χ1n) is 5.77. The van der Waals surface area contributed by atoms with Crippen LogP contribution in [0.4, 0.5) is 0 Å². The molecule has 0 saturated heterocycles. The summed E-state index contributed by atoms with van der Waals surface area (Å²) in [4.78, 5) is 22.5. The lowest BCUT2D eigenvalue weighted by molar-refractivity contribution is -0.143. The lowest BCUT2D eigenvalue weighted by Crippen LogP contribution is -2.44. The lowest BCUT2D eigenvalue weighted by Gasteiger charge is -2.20. The number of carboxylic acids is 1. The van der Waals surface area contributed by atoms with E-state index in [2.05, 4.69) is 19.2 Å². The summed E-state index contributed by atoms with van der Waals surface area (Å²) in [5.41, 5.74) is 0. The zero-order valence-electron chi connectivity index (χ0n) is 10.8. The number of hydrogen-bond donors (Lipinski definition) is 2. The van der Waals surface area contributed by atoms with Crippen LogP contribution in [0.25, 0.3) is 0 Å². The van der Waals surface area contributed by atoms with Crippen LogP contribution in [0.5, 0.6) is 0 Å². The van der Waals surface area contributed by atoms with Gasteiger partial charge in [-0.3, -0.25) is 4.79 Å². The summed E-state index contributed by atoms with van der Waals surface area (Å²) in [6.07, 6.45) is 0.383. The minimum atomic E-state index is -0.972. The number of amides is 1. The van der Waals surface area contributed by atoms with Gasteiger partial charge in [-0.2, -0.15) is 0 Å². The van der Waals surface area contributed by atoms with Gasteiger partial charge in [0.05, 0.1) is 0 Å². The predicted molar refractivity (Wildman–Crippen MR) is 63.0 cm³/mol. The smallest absolute Gasteiger partial charge is 0.326 e. The van der Waals surface area contributed by atoms with Gasteiger partial charge in [0, 0.05) is 6.42 Å². The molecule has 0 aliphatic carbocycles. The van der Waals surface area contributed by atoms with Gasteiger partial charge in [-0.15, -0.1) is 0 Å². The first-order chi connectivity index (χ1) is 7.25. The molecule has 4 heteroatoms. The van der Waals surface area contributed by atoms with Crippen LogP contribution >= 0.6 is 0 Å². The highest BCUT2D eigenvalue weighted by Gasteiger charge is 2.24. The summed E-state index contributed by atoms with van der Waals surface area (Å²) < 4.78 is 0. The first kappa shape index (κ1) is 14.9. The molecule has 0 spiro atoms. The summed E-state index contributed by atoms with van der Waals surface area (Å²) in [6.45, 7) is 9.66. The molecule has 0 saturated carbocycles. The molecule has 2 unspecified atom stereocenters. The van der Waals surface area contributed by atoms with Gasteiger partial charge in [-0.1, -0.05) is 34.6 Å². The van der Waals surface area contributed by atoms with E-state index in [1.165, 1.54) is 0 Å². The Balaban J connectivity index is 4.26. The summed E-state index contributed by atoms with van der Waals surface area (Å²) in [7, 11) is 0. The van der Waals surface area contributed by atoms with Crippen molar-refractivity contribution in [3.8, 4) is 0 Å². The third-order valence-electron chi connectivity index (χ3n) is 2.89. The SMILES string of the molecule is CC(C)C(C)CC(=O)NC(C(=O)O)C(C)C. The Morgan fingerprint density at radius 2 is 1.56 bits per heavy atom. The van der Waals surface area contributed by atoms with Crippen LogP contribution in [-0.4, -0.2) is 23.0 Å². The number of hydrogen-bond acceptors (Lipinski definition) is 2. The fraction of sp³-hybridized carbons (Fsp3) is 0.833. The standard InChI is InChI=1S/C12H23NO3/c1-7(2)9(5)6-10(14)13-11(8(3)4)12(15)16/h7-9,11H,6H2,1-5H3,(H,13,14)(H,15,16). The fourth-order valence-corrected chi connectivity index (χ4v) is 1.27. The molecule has 0 aromatic carbocycles. The predicted octanol–water partition coefficient (Wildman–Crippen LogP) is 1.89. The molecule has 0 bridgehead atoms. The van der Waals surface area contributed by atoms with Gasteiger partial charge in [-0.25, -0.2) is 4.79 Å². The summed E-state index contributed by atoms with van der Waals surface area (Å²) >= 11 is 0. The first-order valence-corrected chi connectivity index (χ1v) is 5.77. The van der Waals surface area contributed by atoms with Gasteiger partial charge in [0.15, 0.2) is 0 Å². The highest BCUT2D eigenvalue weighted by atomic mass is 16.4. The van der Waals surface area contributed by atoms with Crippen LogP contribution in [0.1, 0.15) is 41.0 Å². The van der Waals surface area contributed by atoms with Gasteiger partial charge in [0.1, 0.15) is 6.04 Å². The molecule has 16 heavy (non-hydrogen) atoms. The maximum Gasteiger partial charge on any atom is 0.326 e. The van der Waals surface area contributed by atoms with Gasteiger partial charge < -0.3 is 10.4 Å². The summed E-state index contributed by atoms with van der Waals surface area (Å²) in [6, 6.07) is -0.785. The Morgan fingerprint density at radius 3 is 1.88 bits per heavy atom. The third kappa shape index (κ3) is 5.14. The zero-order chi connectivity index (χ0) is 12.9. The molecule has 4 nitrogen and oxygen atoms in total. The van der Waals surface area contributed by atoms with E-state index in [0.29, 0.717) is 12.3 Å². The highest BCUT2D eigenvalue weighted by Crippen LogP contribution is 2.14. The minimum Gasteiger partial charge on any atom is -0.480 e. The third-order valence-corrected chi connectivity index (χ3v) is 2.89. The van der Waals surface area contributed by atoms with E-state index in [-0.39, 0.29) is 17.7 Å². The Labute approximate surface area is 97.4 Å². The second kappa shape index (κ2) is 6.51. The Hall–Kier alpha value is -1.06. The van der Waals surface area contributed by atoms with Crippen LogP contribution < -0.4 is 5.32 Å². The van der Waals surface area contributed by atoms with E-state index in [4.69, 9.17) is 5.11 Å². The number of nitrogens with one attached hydrogen (secondary N) is 1. The van der Waals surface area contributed by atoms with Crippen molar-refractivity contribution in [2.24, 2.45) is 17.8 Å². The van der Waals surface area contributed by atoms with Gasteiger partial charge >= 0.3 is 5.97 Å². The van der Waals surface area contributed by atoms with Gasteiger partial charge in [-0.05, 0) is 17.8 Å². The molecule has 0 rings (SSSR count). The Bertz CT molecular complexity index is 249. The van der Waals surface area contributed by atoms with Crippen molar-refractivity contribution in [2.75, 3.05) is 0 Å². The molecule has 0 radical (unpaired) electrons. The maximum absolute atomic E-state index is 11.6. The van der Waals surface area contributed by atoms with E-state index >= 15 is 0 Å². The Kier molecular flexibility index (Phi) is 6.08. The second-order valence-electron chi connectivity index (χ2n) is 5.05. The minimum absolute atomic E-state index is 0.101. The van der Waals surface area contributed by atoms with E-state index in [0.717, 1.165) is 0 Å². The summed E-state index contributed by atoms with van der Waals surface area (Å²) in [5, 5.41) is 11.5. The van der Waals surface area contributed by atoms with E-state index in [1.54, 1.807) is 13.8 Å². The maximum atomic E-state index is 11.6. The van der Waals surface area contributed by atoms with E-state index < -0.39 is 12.0 Å². The van der Waals surface area contributed by atoms with Crippen LogP contribution in [-0.2, 0) is 9.59 Å². The highest BCUT2D eigenvalue weighted by molar-refractivity contribution is 5.83. The van der Waals surface area contributed by atoms with Crippen LogP contribution in [0.2, 0.25) is 0 Å². The molecular weight excluding hydrogens is 206 g/mol. The molecule has 0 fully saturated rings. The Morgan fingerprint density at radius 1 is 1.06 bits per heavy atom. The van der Waals surface area contributed by atoms with Crippen LogP contribution in [0.3, 0.4) is 0 Å². The topological polar surface area (TPSA) is 66.4 Å². The van der Waals surface area contributed by atoms with Crippen LogP contribution in [0, 0.1) is 17.8 Å². The largest absolute Gasteiger partial charge is 0.480 e. The van der Waals surface area contributed by atoms with Crippen molar-refractivity contribution < 1.29 is 14.7 Å². The number of carbonyl (C=O) groups excluding carboxylic acids is 1. The monoisotopic (exact) mass is 229 g/mol. The van der Waals surface area contributed by atoms with Crippen LogP contribution in [0.15, 0.2) is 0 Å². The average molecular weight is 229 g/mol. The van der Waals surface area contributed by atoms with Crippen molar-refractivity contribution >= 4 is 11.9 Å². The number of carbonyl (C=O) groups is 2. The van der Waals surface area contributed by atoms with Crippen molar-refractivity contribution in [3.63, 3.8) is 0 Å². The van der Waals surface area contributed by atoms with Crippen molar-refractivity contribution in [1.82, 2.24) is 5.32 Å². The molecule has 0 heterocycles. The summed E-state index contributed by atoms with van der Waals surface area (Å²) in [5.74, 6) is -0.562. The molecule has 0 aromatic heterocycles. The molecule has 2 N–H and O–H groups in total. The second-order valence-corrected chi connectivity index (χ2v) is 5.05. The number of aliphatic carboxylic acids is 1. The quantitative estimate of drug-likeness (QED) is 0.731. The molecule has 0 aliphatic rings. The van der Waals surface area contributed by atoms with Crippen molar-refractivity contribution in [2.45, 2.75) is 47.1 Å². The molecule has 0 aliphatic heterocycles. The van der Waals surface area contributed by atoms with Crippen molar-refractivity contribution in [3.05, 3.63) is 0 Å². The van der Waals surface area contributed by atoms with Gasteiger partial charge in [0.25, 0.3) is 0 Å². The zero-order valence-corrected chi connectivity index (χ0v) is 10.8. The van der Waals surface area contributed by atoms with Crippen molar-refractivity contribution in [1.29, 1.82) is 0 Å². The lowest BCUT2D eigenvalue weighted by atomic mass is 9.94. The van der Waals surface area contributed by atoms with Gasteiger partial charge in [0.2, 0.25) is 5.91 Å². The molecule has 2 atom stereocenters. The number of rotatable bonds is 6.